The Morgan fingerprint density at radius 1 is 1.17 bits per heavy atom. The fourth-order valence-corrected chi connectivity index (χ4v) is 3.75. The van der Waals surface area contributed by atoms with Crippen molar-refractivity contribution in [2.75, 3.05) is 12.1 Å². The van der Waals surface area contributed by atoms with E-state index in [1.54, 1.807) is 12.1 Å². The standard InChI is InChI=1S/C21H24N4O5/c22-20(27)14-3-6-19(23-10-14)25-15-4-2-13(8-16(15)26)21(28)24-9-12-1-5-17-18(7-12)30-11-29-17/h1,3,5-7,10,13,15-16,26H,2,4,8-9,11H2,(H2,22,27)(H,23,25)(H,24,28)/t13-,15-,16-/m0/s1. The Hall–Kier alpha value is -3.33. The highest BCUT2D eigenvalue weighted by atomic mass is 16.7. The zero-order chi connectivity index (χ0) is 21.1. The molecule has 1 fully saturated rings. The van der Waals surface area contributed by atoms with Crippen molar-refractivity contribution in [3.63, 3.8) is 0 Å². The first-order chi connectivity index (χ1) is 14.5. The number of rotatable bonds is 6. The minimum absolute atomic E-state index is 0.0749. The van der Waals surface area contributed by atoms with E-state index < -0.39 is 12.0 Å². The molecule has 9 nitrogen and oxygen atoms in total. The van der Waals surface area contributed by atoms with Gasteiger partial charge in [-0.25, -0.2) is 4.98 Å². The van der Waals surface area contributed by atoms with Gasteiger partial charge in [-0.15, -0.1) is 0 Å². The molecule has 2 amide bonds. The molecule has 1 aliphatic carbocycles. The van der Waals surface area contributed by atoms with Crippen LogP contribution in [0.2, 0.25) is 0 Å². The van der Waals surface area contributed by atoms with E-state index in [1.165, 1.54) is 6.20 Å². The molecule has 1 aliphatic heterocycles. The topological polar surface area (TPSA) is 136 Å². The van der Waals surface area contributed by atoms with Gasteiger partial charge in [0.1, 0.15) is 5.82 Å². The molecule has 0 spiro atoms. The molecule has 5 N–H and O–H groups in total. The first-order valence-electron chi connectivity index (χ1n) is 9.86. The summed E-state index contributed by atoms with van der Waals surface area (Å²) in [5.41, 5.74) is 6.46. The third-order valence-corrected chi connectivity index (χ3v) is 5.47. The Kier molecular flexibility index (Phi) is 5.71. The molecule has 3 atom stereocenters. The van der Waals surface area contributed by atoms with Gasteiger partial charge in [0.05, 0.1) is 17.7 Å². The smallest absolute Gasteiger partial charge is 0.250 e. The van der Waals surface area contributed by atoms with Crippen molar-refractivity contribution in [3.8, 4) is 11.5 Å². The van der Waals surface area contributed by atoms with Crippen molar-refractivity contribution in [1.82, 2.24) is 10.3 Å². The van der Waals surface area contributed by atoms with Crippen molar-refractivity contribution < 1.29 is 24.2 Å². The molecule has 2 heterocycles. The number of hydrogen-bond donors (Lipinski definition) is 4. The maximum Gasteiger partial charge on any atom is 0.250 e. The zero-order valence-corrected chi connectivity index (χ0v) is 16.3. The number of nitrogens with one attached hydrogen (secondary N) is 2. The number of benzene rings is 1. The van der Waals surface area contributed by atoms with Crippen LogP contribution in [0.5, 0.6) is 11.5 Å². The molecule has 2 aliphatic rings. The molecule has 0 bridgehead atoms. The van der Waals surface area contributed by atoms with Gasteiger partial charge in [-0.2, -0.15) is 0 Å². The predicted octanol–water partition coefficient (Wildman–Crippen LogP) is 1.17. The summed E-state index contributed by atoms with van der Waals surface area (Å²) in [4.78, 5) is 27.8. The van der Waals surface area contributed by atoms with E-state index in [1.807, 2.05) is 18.2 Å². The number of aliphatic hydroxyl groups is 1. The lowest BCUT2D eigenvalue weighted by Crippen LogP contribution is -2.43. The molecule has 9 heteroatoms. The van der Waals surface area contributed by atoms with E-state index >= 15 is 0 Å². The number of pyridine rings is 1. The van der Waals surface area contributed by atoms with Gasteiger partial charge >= 0.3 is 0 Å². The van der Waals surface area contributed by atoms with Gasteiger partial charge in [-0.1, -0.05) is 6.07 Å². The minimum atomic E-state index is -0.683. The summed E-state index contributed by atoms with van der Waals surface area (Å²) in [5, 5.41) is 16.6. The molecule has 1 aromatic heterocycles. The molecule has 1 saturated carbocycles. The number of ether oxygens (including phenoxy) is 2. The largest absolute Gasteiger partial charge is 0.454 e. The van der Waals surface area contributed by atoms with Gasteiger partial charge in [0.2, 0.25) is 18.6 Å². The van der Waals surface area contributed by atoms with Crippen LogP contribution in [0.25, 0.3) is 0 Å². The monoisotopic (exact) mass is 412 g/mol. The van der Waals surface area contributed by atoms with Crippen molar-refractivity contribution in [3.05, 3.63) is 47.7 Å². The molecule has 0 saturated heterocycles. The van der Waals surface area contributed by atoms with Gasteiger partial charge in [-0.3, -0.25) is 9.59 Å². The van der Waals surface area contributed by atoms with Gasteiger partial charge < -0.3 is 30.9 Å². The van der Waals surface area contributed by atoms with E-state index in [4.69, 9.17) is 15.2 Å². The highest BCUT2D eigenvalue weighted by Crippen LogP contribution is 2.32. The van der Waals surface area contributed by atoms with Crippen molar-refractivity contribution in [1.29, 1.82) is 0 Å². The average Bonchev–Trinajstić information content (AvgIpc) is 3.21. The second kappa shape index (κ2) is 8.58. The Morgan fingerprint density at radius 3 is 2.73 bits per heavy atom. The third-order valence-electron chi connectivity index (χ3n) is 5.47. The number of anilines is 1. The van der Waals surface area contributed by atoms with Crippen LogP contribution < -0.4 is 25.8 Å². The number of carbonyl (C=O) groups excluding carboxylic acids is 2. The van der Waals surface area contributed by atoms with E-state index in [-0.39, 0.29) is 24.7 Å². The molecule has 158 valence electrons. The number of primary amides is 1. The van der Waals surface area contributed by atoms with Gasteiger partial charge in [-0.05, 0) is 49.1 Å². The molecular weight excluding hydrogens is 388 g/mol. The maximum absolute atomic E-state index is 12.6. The summed E-state index contributed by atoms with van der Waals surface area (Å²) in [5.74, 6) is 1.07. The second-order valence-electron chi connectivity index (χ2n) is 7.53. The van der Waals surface area contributed by atoms with Crippen LogP contribution in [-0.4, -0.2) is 40.8 Å². The molecule has 4 rings (SSSR count). The average molecular weight is 412 g/mol. The summed E-state index contributed by atoms with van der Waals surface area (Å²) >= 11 is 0. The fourth-order valence-electron chi connectivity index (χ4n) is 3.75. The number of hydrogen-bond acceptors (Lipinski definition) is 7. The minimum Gasteiger partial charge on any atom is -0.454 e. The normalized spacial score (nSPS) is 22.4. The number of aromatic nitrogens is 1. The SMILES string of the molecule is NC(=O)c1ccc(N[C@H]2CC[C@H](C(=O)NCc3ccc4c(c3)OCO4)C[C@@H]2O)nc1. The molecule has 0 unspecified atom stereocenters. The molecule has 2 aromatic rings. The summed E-state index contributed by atoms with van der Waals surface area (Å²) in [6.07, 6.45) is 2.36. The van der Waals surface area contributed by atoms with Crippen LogP contribution in [0, 0.1) is 5.92 Å². The van der Waals surface area contributed by atoms with Gasteiger partial charge in [0.25, 0.3) is 0 Å². The third kappa shape index (κ3) is 4.46. The van der Waals surface area contributed by atoms with Crippen LogP contribution in [0.3, 0.4) is 0 Å². The first-order valence-corrected chi connectivity index (χ1v) is 9.86. The molecule has 30 heavy (non-hydrogen) atoms. The van der Waals surface area contributed by atoms with Crippen molar-refractivity contribution in [2.45, 2.75) is 38.0 Å². The molecule has 1 aromatic carbocycles. The second-order valence-corrected chi connectivity index (χ2v) is 7.53. The van der Waals surface area contributed by atoms with Crippen LogP contribution in [0.1, 0.15) is 35.2 Å². The van der Waals surface area contributed by atoms with E-state index in [0.717, 1.165) is 5.56 Å². The number of amides is 2. The lowest BCUT2D eigenvalue weighted by atomic mass is 9.83. The van der Waals surface area contributed by atoms with Crippen molar-refractivity contribution >= 4 is 17.6 Å². The Bertz CT molecular complexity index is 933. The number of carbonyl (C=O) groups is 2. The first kappa shape index (κ1) is 20.0. The van der Waals surface area contributed by atoms with E-state index in [9.17, 15) is 14.7 Å². The van der Waals surface area contributed by atoms with Gasteiger partial charge in [0.15, 0.2) is 11.5 Å². The molecule has 0 radical (unpaired) electrons. The molecular formula is C21H24N4O5. The van der Waals surface area contributed by atoms with E-state index in [2.05, 4.69) is 15.6 Å². The van der Waals surface area contributed by atoms with Crippen LogP contribution >= 0.6 is 0 Å². The van der Waals surface area contributed by atoms with Crippen LogP contribution in [0.4, 0.5) is 5.82 Å². The van der Waals surface area contributed by atoms with E-state index in [0.29, 0.717) is 48.7 Å². The number of aliphatic hydroxyl groups excluding tert-OH is 1. The quantitative estimate of drug-likeness (QED) is 0.559. The zero-order valence-electron chi connectivity index (χ0n) is 16.3. The van der Waals surface area contributed by atoms with Gasteiger partial charge in [0, 0.05) is 18.7 Å². The summed E-state index contributed by atoms with van der Waals surface area (Å²) in [7, 11) is 0. The van der Waals surface area contributed by atoms with Crippen LogP contribution in [-0.2, 0) is 11.3 Å². The summed E-state index contributed by atoms with van der Waals surface area (Å²) in [6, 6.07) is 8.59. The summed E-state index contributed by atoms with van der Waals surface area (Å²) in [6.45, 7) is 0.602. The highest BCUT2D eigenvalue weighted by molar-refractivity contribution is 5.92. The Morgan fingerprint density at radius 2 is 2.00 bits per heavy atom. The van der Waals surface area contributed by atoms with Crippen molar-refractivity contribution in [2.24, 2.45) is 11.7 Å². The summed E-state index contributed by atoms with van der Waals surface area (Å²) < 4.78 is 10.6. The Labute approximate surface area is 173 Å². The lowest BCUT2D eigenvalue weighted by Gasteiger charge is -2.33. The van der Waals surface area contributed by atoms with Crippen LogP contribution in [0.15, 0.2) is 36.5 Å². The highest BCUT2D eigenvalue weighted by Gasteiger charge is 2.33. The number of fused-ring (bicyclic) bond motifs is 1. The lowest BCUT2D eigenvalue weighted by molar-refractivity contribution is -0.127. The maximum atomic E-state index is 12.6. The number of nitrogens with zero attached hydrogens (tertiary/aromatic N) is 1. The predicted molar refractivity (Wildman–Crippen MR) is 108 cm³/mol. The fraction of sp³-hybridized carbons (Fsp3) is 0.381. The Balaban J connectivity index is 1.27. The number of nitrogens with two attached hydrogens (primary N) is 1.